The van der Waals surface area contributed by atoms with E-state index < -0.39 is 0 Å². The van der Waals surface area contributed by atoms with Crippen LogP contribution in [0.4, 0.5) is 0 Å². The van der Waals surface area contributed by atoms with Gasteiger partial charge in [0.05, 0.1) is 0 Å². The monoisotopic (exact) mass is 377 g/mol. The number of fused-ring (bicyclic) bond motifs is 1. The summed E-state index contributed by atoms with van der Waals surface area (Å²) >= 11 is 0. The van der Waals surface area contributed by atoms with Crippen molar-refractivity contribution in [3.05, 3.63) is 12.7 Å². The first kappa shape index (κ1) is 16.8. The number of nitrogens with one attached hydrogen (secondary N) is 2. The third-order valence-electron chi connectivity index (χ3n) is 4.52. The first-order chi connectivity index (χ1) is 8.83. The van der Waals surface area contributed by atoms with E-state index in [1.54, 1.807) is 0 Å². The van der Waals surface area contributed by atoms with Crippen LogP contribution in [0.3, 0.4) is 0 Å². The topological polar surface area (TPSA) is 36.4 Å². The van der Waals surface area contributed by atoms with Crippen LogP contribution in [0.25, 0.3) is 0 Å². The van der Waals surface area contributed by atoms with Gasteiger partial charge in [-0.3, -0.25) is 4.99 Å². The SMILES string of the molecule is C=CCNC(=NC)NC1CCC2CCCCC2C1.I. The van der Waals surface area contributed by atoms with E-state index in [-0.39, 0.29) is 24.0 Å². The lowest BCUT2D eigenvalue weighted by Crippen LogP contribution is -2.46. The molecule has 2 fully saturated rings. The molecule has 0 radical (unpaired) electrons. The minimum absolute atomic E-state index is 0. The van der Waals surface area contributed by atoms with Crippen molar-refractivity contribution >= 4 is 29.9 Å². The summed E-state index contributed by atoms with van der Waals surface area (Å²) < 4.78 is 0. The molecule has 0 spiro atoms. The van der Waals surface area contributed by atoms with Crippen molar-refractivity contribution in [2.75, 3.05) is 13.6 Å². The van der Waals surface area contributed by atoms with Crippen LogP contribution in [0.15, 0.2) is 17.6 Å². The van der Waals surface area contributed by atoms with Crippen LogP contribution < -0.4 is 10.6 Å². The average molecular weight is 377 g/mol. The third-order valence-corrected chi connectivity index (χ3v) is 4.52. The molecule has 0 aromatic carbocycles. The molecule has 3 unspecified atom stereocenters. The van der Waals surface area contributed by atoms with Crippen molar-refractivity contribution in [3.63, 3.8) is 0 Å². The number of nitrogens with zero attached hydrogens (tertiary/aromatic N) is 1. The summed E-state index contributed by atoms with van der Waals surface area (Å²) in [6, 6.07) is 0.611. The van der Waals surface area contributed by atoms with E-state index in [9.17, 15) is 0 Å². The summed E-state index contributed by atoms with van der Waals surface area (Å²) in [6.07, 6.45) is 11.7. The van der Waals surface area contributed by atoms with Gasteiger partial charge in [0, 0.05) is 19.6 Å². The van der Waals surface area contributed by atoms with Gasteiger partial charge in [-0.2, -0.15) is 0 Å². The number of rotatable bonds is 3. The van der Waals surface area contributed by atoms with Crippen LogP contribution in [-0.4, -0.2) is 25.6 Å². The maximum absolute atomic E-state index is 4.27. The molecule has 2 N–H and O–H groups in total. The smallest absolute Gasteiger partial charge is 0.191 e. The zero-order chi connectivity index (χ0) is 12.8. The molecule has 0 aromatic heterocycles. The van der Waals surface area contributed by atoms with Crippen LogP contribution >= 0.6 is 24.0 Å². The molecule has 2 aliphatic carbocycles. The van der Waals surface area contributed by atoms with Crippen LogP contribution in [0.2, 0.25) is 0 Å². The Hall–Kier alpha value is -0.260. The third kappa shape index (κ3) is 4.97. The predicted octanol–water partition coefficient (Wildman–Crippen LogP) is 3.31. The molecule has 0 amide bonds. The van der Waals surface area contributed by atoms with E-state index in [1.807, 2.05) is 13.1 Å². The standard InChI is InChI=1S/C15H27N3.HI/c1-3-10-17-15(16-2)18-14-9-8-12-6-4-5-7-13(12)11-14;/h3,12-14H,1,4-11H2,2H3,(H2,16,17,18);1H. The molecule has 110 valence electrons. The fraction of sp³-hybridized carbons (Fsp3) is 0.800. The van der Waals surface area contributed by atoms with Crippen molar-refractivity contribution in [1.29, 1.82) is 0 Å². The first-order valence-corrected chi connectivity index (χ1v) is 7.41. The molecular formula is C15H28IN3. The highest BCUT2D eigenvalue weighted by Crippen LogP contribution is 2.40. The Morgan fingerprint density at radius 2 is 1.95 bits per heavy atom. The second-order valence-corrected chi connectivity index (χ2v) is 5.70. The van der Waals surface area contributed by atoms with Gasteiger partial charge in [-0.1, -0.05) is 31.8 Å². The van der Waals surface area contributed by atoms with Crippen molar-refractivity contribution in [3.8, 4) is 0 Å². The van der Waals surface area contributed by atoms with E-state index in [0.29, 0.717) is 6.04 Å². The highest BCUT2D eigenvalue weighted by Gasteiger charge is 2.32. The van der Waals surface area contributed by atoms with Crippen LogP contribution in [-0.2, 0) is 0 Å². The molecule has 3 nitrogen and oxygen atoms in total. The van der Waals surface area contributed by atoms with Crippen molar-refractivity contribution < 1.29 is 0 Å². The second-order valence-electron chi connectivity index (χ2n) is 5.70. The van der Waals surface area contributed by atoms with E-state index in [1.165, 1.54) is 44.9 Å². The Kier molecular flexibility index (Phi) is 7.80. The fourth-order valence-corrected chi connectivity index (χ4v) is 3.56. The van der Waals surface area contributed by atoms with Crippen molar-refractivity contribution in [2.45, 2.75) is 51.0 Å². The molecule has 19 heavy (non-hydrogen) atoms. The second kappa shape index (κ2) is 8.82. The van der Waals surface area contributed by atoms with Crippen molar-refractivity contribution in [2.24, 2.45) is 16.8 Å². The van der Waals surface area contributed by atoms with Gasteiger partial charge in [-0.25, -0.2) is 0 Å². The van der Waals surface area contributed by atoms with E-state index in [2.05, 4.69) is 22.2 Å². The molecule has 3 atom stereocenters. The minimum atomic E-state index is 0. The Morgan fingerprint density at radius 3 is 2.63 bits per heavy atom. The highest BCUT2D eigenvalue weighted by atomic mass is 127. The zero-order valence-electron chi connectivity index (χ0n) is 12.0. The van der Waals surface area contributed by atoms with Gasteiger partial charge in [0.1, 0.15) is 0 Å². The fourth-order valence-electron chi connectivity index (χ4n) is 3.56. The Bertz CT molecular complexity index is 304. The molecule has 0 heterocycles. The van der Waals surface area contributed by atoms with Gasteiger partial charge in [0.25, 0.3) is 0 Å². The van der Waals surface area contributed by atoms with Gasteiger partial charge >= 0.3 is 0 Å². The molecule has 2 rings (SSSR count). The summed E-state index contributed by atoms with van der Waals surface area (Å²) in [5, 5.41) is 6.82. The zero-order valence-corrected chi connectivity index (χ0v) is 14.4. The molecule has 0 saturated heterocycles. The number of hydrogen-bond donors (Lipinski definition) is 2. The maximum Gasteiger partial charge on any atom is 0.191 e. The molecule has 2 saturated carbocycles. The summed E-state index contributed by atoms with van der Waals surface area (Å²) in [5.74, 6) is 2.90. The van der Waals surface area contributed by atoms with Gasteiger partial charge in [-0.05, 0) is 31.1 Å². The Morgan fingerprint density at radius 1 is 1.21 bits per heavy atom. The summed E-state index contributed by atoms with van der Waals surface area (Å²) in [6.45, 7) is 4.50. The van der Waals surface area contributed by atoms with Gasteiger partial charge in [-0.15, -0.1) is 30.6 Å². The Balaban J connectivity index is 0.00000180. The van der Waals surface area contributed by atoms with Crippen LogP contribution in [0, 0.1) is 11.8 Å². The highest BCUT2D eigenvalue weighted by molar-refractivity contribution is 14.0. The summed E-state index contributed by atoms with van der Waals surface area (Å²) in [7, 11) is 1.84. The Labute approximate surface area is 134 Å². The average Bonchev–Trinajstić information content (AvgIpc) is 2.43. The van der Waals surface area contributed by atoms with E-state index >= 15 is 0 Å². The van der Waals surface area contributed by atoms with E-state index in [4.69, 9.17) is 0 Å². The summed E-state index contributed by atoms with van der Waals surface area (Å²) in [5.41, 5.74) is 0. The van der Waals surface area contributed by atoms with Crippen LogP contribution in [0.5, 0.6) is 0 Å². The molecule has 2 aliphatic rings. The van der Waals surface area contributed by atoms with E-state index in [0.717, 1.165) is 24.3 Å². The van der Waals surface area contributed by atoms with Gasteiger partial charge in [0.2, 0.25) is 0 Å². The molecule has 0 aromatic rings. The quantitative estimate of drug-likeness (QED) is 0.343. The predicted molar refractivity (Wildman–Crippen MR) is 93.2 cm³/mol. The number of hydrogen-bond acceptors (Lipinski definition) is 1. The first-order valence-electron chi connectivity index (χ1n) is 7.41. The minimum Gasteiger partial charge on any atom is -0.354 e. The normalized spacial score (nSPS) is 30.8. The lowest BCUT2D eigenvalue weighted by Gasteiger charge is -2.39. The summed E-state index contributed by atoms with van der Waals surface area (Å²) in [4.78, 5) is 4.27. The largest absolute Gasteiger partial charge is 0.354 e. The van der Waals surface area contributed by atoms with Gasteiger partial charge < -0.3 is 10.6 Å². The number of aliphatic imine (C=N–C) groups is 1. The molecular weight excluding hydrogens is 349 g/mol. The number of halogens is 1. The molecule has 4 heteroatoms. The van der Waals surface area contributed by atoms with Crippen LogP contribution in [0.1, 0.15) is 44.9 Å². The molecule has 0 aliphatic heterocycles. The lowest BCUT2D eigenvalue weighted by molar-refractivity contribution is 0.150. The van der Waals surface area contributed by atoms with Gasteiger partial charge in [0.15, 0.2) is 5.96 Å². The maximum atomic E-state index is 4.27. The molecule has 0 bridgehead atoms. The van der Waals surface area contributed by atoms with Crippen molar-refractivity contribution in [1.82, 2.24) is 10.6 Å². The number of guanidine groups is 1. The lowest BCUT2D eigenvalue weighted by atomic mass is 9.69.